The van der Waals surface area contributed by atoms with Crippen LogP contribution >= 0.6 is 0 Å². The van der Waals surface area contributed by atoms with Crippen molar-refractivity contribution in [2.45, 2.75) is 6.54 Å². The molecule has 0 unspecified atom stereocenters. The minimum Gasteiger partial charge on any atom is -0.386 e. The molecule has 0 bridgehead atoms. The summed E-state index contributed by atoms with van der Waals surface area (Å²) in [5, 5.41) is 12.7. The highest BCUT2D eigenvalue weighted by atomic mass is 15.2. The van der Waals surface area contributed by atoms with Crippen LogP contribution in [0.3, 0.4) is 0 Å². The number of H-pyrrole nitrogens is 1. The van der Waals surface area contributed by atoms with E-state index in [0.29, 0.717) is 0 Å². The summed E-state index contributed by atoms with van der Waals surface area (Å²) in [4.78, 5) is 0. The predicted molar refractivity (Wildman–Crippen MR) is 45.2 cm³/mol. The maximum Gasteiger partial charge on any atom is 0.147 e. The smallest absolute Gasteiger partial charge is 0.147 e. The van der Waals surface area contributed by atoms with E-state index in [0.717, 1.165) is 18.1 Å². The van der Waals surface area contributed by atoms with Crippen LogP contribution in [-0.4, -0.2) is 17.2 Å². The fraction of sp³-hybridized carbons (Fsp3) is 0.286. The standard InChI is InChI=1S/C7H12N4/c1-3-9-5-6-4-7(8-2)11-10-6/h3-4,9H,1,5H2,2H3,(H2,8,10,11). The third-order valence-electron chi connectivity index (χ3n) is 1.32. The van der Waals surface area contributed by atoms with Crippen LogP contribution in [0.4, 0.5) is 5.82 Å². The molecule has 0 aromatic carbocycles. The monoisotopic (exact) mass is 152 g/mol. The lowest BCUT2D eigenvalue weighted by atomic mass is 10.4. The zero-order valence-electron chi connectivity index (χ0n) is 6.52. The van der Waals surface area contributed by atoms with Gasteiger partial charge in [-0.15, -0.1) is 0 Å². The Bertz CT molecular complexity index is 228. The molecule has 1 aromatic rings. The van der Waals surface area contributed by atoms with Crippen LogP contribution in [0.5, 0.6) is 0 Å². The van der Waals surface area contributed by atoms with Crippen LogP contribution in [0.1, 0.15) is 5.69 Å². The van der Waals surface area contributed by atoms with Crippen LogP contribution in [-0.2, 0) is 6.54 Å². The molecule has 4 heteroatoms. The van der Waals surface area contributed by atoms with Crippen molar-refractivity contribution in [3.05, 3.63) is 24.5 Å². The van der Waals surface area contributed by atoms with Gasteiger partial charge in [0.1, 0.15) is 5.82 Å². The maximum atomic E-state index is 3.98. The molecule has 1 aromatic heterocycles. The third-order valence-corrected chi connectivity index (χ3v) is 1.32. The summed E-state index contributed by atoms with van der Waals surface area (Å²) in [7, 11) is 1.83. The highest BCUT2D eigenvalue weighted by Crippen LogP contribution is 2.02. The Morgan fingerprint density at radius 1 is 1.82 bits per heavy atom. The lowest BCUT2D eigenvalue weighted by Gasteiger charge is -1.93. The van der Waals surface area contributed by atoms with E-state index in [4.69, 9.17) is 0 Å². The molecule has 0 saturated carbocycles. The van der Waals surface area contributed by atoms with Crippen LogP contribution < -0.4 is 10.6 Å². The topological polar surface area (TPSA) is 52.7 Å². The van der Waals surface area contributed by atoms with Gasteiger partial charge in [-0.2, -0.15) is 5.10 Å². The molecule has 0 saturated heterocycles. The minimum atomic E-state index is 0.734. The number of nitrogens with one attached hydrogen (secondary N) is 3. The molecular formula is C7H12N4. The van der Waals surface area contributed by atoms with Crippen LogP contribution in [0, 0.1) is 0 Å². The van der Waals surface area contributed by atoms with Gasteiger partial charge in [0.05, 0.1) is 12.2 Å². The SMILES string of the molecule is C=CNCc1cc(NC)n[nH]1. The molecule has 0 spiro atoms. The largest absolute Gasteiger partial charge is 0.386 e. The van der Waals surface area contributed by atoms with E-state index in [1.165, 1.54) is 0 Å². The normalized spacial score (nSPS) is 9.18. The van der Waals surface area contributed by atoms with Gasteiger partial charge in [-0.25, -0.2) is 0 Å². The highest BCUT2D eigenvalue weighted by molar-refractivity contribution is 5.33. The van der Waals surface area contributed by atoms with Crippen molar-refractivity contribution < 1.29 is 0 Å². The number of nitrogens with zero attached hydrogens (tertiary/aromatic N) is 1. The van der Waals surface area contributed by atoms with Gasteiger partial charge in [0, 0.05) is 13.1 Å². The molecule has 3 N–H and O–H groups in total. The van der Waals surface area contributed by atoms with E-state index in [9.17, 15) is 0 Å². The summed E-state index contributed by atoms with van der Waals surface area (Å²) in [6, 6.07) is 1.94. The number of aromatic nitrogens is 2. The summed E-state index contributed by atoms with van der Waals surface area (Å²) in [6.45, 7) is 4.28. The Hall–Kier alpha value is -1.45. The summed E-state index contributed by atoms with van der Waals surface area (Å²) < 4.78 is 0. The molecule has 0 aliphatic heterocycles. The average molecular weight is 152 g/mol. The second kappa shape index (κ2) is 3.65. The van der Waals surface area contributed by atoms with Crippen LogP contribution in [0.25, 0.3) is 0 Å². The molecule has 4 nitrogen and oxygen atoms in total. The van der Waals surface area contributed by atoms with Gasteiger partial charge in [-0.1, -0.05) is 6.58 Å². The van der Waals surface area contributed by atoms with Gasteiger partial charge in [0.25, 0.3) is 0 Å². The van der Waals surface area contributed by atoms with E-state index < -0.39 is 0 Å². The molecule has 1 heterocycles. The molecule has 60 valence electrons. The van der Waals surface area contributed by atoms with E-state index >= 15 is 0 Å². The molecule has 1 rings (SSSR count). The van der Waals surface area contributed by atoms with E-state index in [2.05, 4.69) is 27.4 Å². The van der Waals surface area contributed by atoms with E-state index in [1.54, 1.807) is 6.20 Å². The van der Waals surface area contributed by atoms with Gasteiger partial charge in [0.15, 0.2) is 0 Å². The predicted octanol–water partition coefficient (Wildman–Crippen LogP) is 0.684. The Kier molecular flexibility index (Phi) is 2.54. The number of aromatic amines is 1. The first-order chi connectivity index (χ1) is 5.36. The lowest BCUT2D eigenvalue weighted by Crippen LogP contribution is -2.03. The van der Waals surface area contributed by atoms with Crippen molar-refractivity contribution in [2.24, 2.45) is 0 Å². The summed E-state index contributed by atoms with van der Waals surface area (Å²) in [5.74, 6) is 0.853. The molecule has 0 aliphatic carbocycles. The Morgan fingerprint density at radius 2 is 2.64 bits per heavy atom. The first kappa shape index (κ1) is 7.65. The average Bonchev–Trinajstić information content (AvgIpc) is 2.48. The van der Waals surface area contributed by atoms with Gasteiger partial charge in [-0.3, -0.25) is 5.10 Å². The first-order valence-electron chi connectivity index (χ1n) is 3.43. The minimum absolute atomic E-state index is 0.734. The van der Waals surface area contributed by atoms with Crippen LogP contribution in [0.15, 0.2) is 18.8 Å². The number of hydrogen-bond acceptors (Lipinski definition) is 3. The van der Waals surface area contributed by atoms with Crippen LogP contribution in [0.2, 0.25) is 0 Å². The fourth-order valence-electron chi connectivity index (χ4n) is 0.762. The van der Waals surface area contributed by atoms with Crippen molar-refractivity contribution in [1.29, 1.82) is 0 Å². The molecule has 0 atom stereocenters. The summed E-state index contributed by atoms with van der Waals surface area (Å²) in [5.41, 5.74) is 1.04. The van der Waals surface area contributed by atoms with Crippen molar-refractivity contribution in [2.75, 3.05) is 12.4 Å². The van der Waals surface area contributed by atoms with E-state index in [1.807, 2.05) is 13.1 Å². The second-order valence-corrected chi connectivity index (χ2v) is 2.11. The summed E-state index contributed by atoms with van der Waals surface area (Å²) >= 11 is 0. The van der Waals surface area contributed by atoms with Gasteiger partial charge in [-0.05, 0) is 6.20 Å². The zero-order valence-corrected chi connectivity index (χ0v) is 6.52. The lowest BCUT2D eigenvalue weighted by molar-refractivity contribution is 0.827. The molecule has 0 radical (unpaired) electrons. The first-order valence-corrected chi connectivity index (χ1v) is 3.43. The highest BCUT2D eigenvalue weighted by Gasteiger charge is 1.95. The zero-order chi connectivity index (χ0) is 8.10. The van der Waals surface area contributed by atoms with Gasteiger partial charge in [0.2, 0.25) is 0 Å². The van der Waals surface area contributed by atoms with Crippen molar-refractivity contribution >= 4 is 5.82 Å². The molecule has 11 heavy (non-hydrogen) atoms. The van der Waals surface area contributed by atoms with Gasteiger partial charge < -0.3 is 10.6 Å². The molecule has 0 fully saturated rings. The summed E-state index contributed by atoms with van der Waals surface area (Å²) in [6.07, 6.45) is 1.65. The molecule has 0 aliphatic rings. The van der Waals surface area contributed by atoms with Gasteiger partial charge >= 0.3 is 0 Å². The Labute approximate surface area is 65.7 Å². The second-order valence-electron chi connectivity index (χ2n) is 2.11. The quantitative estimate of drug-likeness (QED) is 0.594. The van der Waals surface area contributed by atoms with Crippen molar-refractivity contribution in [1.82, 2.24) is 15.5 Å². The number of hydrogen-bond donors (Lipinski definition) is 3. The third kappa shape index (κ3) is 2.00. The molecular weight excluding hydrogens is 140 g/mol. The van der Waals surface area contributed by atoms with E-state index in [-0.39, 0.29) is 0 Å². The molecule has 0 amide bonds. The maximum absolute atomic E-state index is 3.98. The number of anilines is 1. The van der Waals surface area contributed by atoms with Crippen molar-refractivity contribution in [3.8, 4) is 0 Å². The Balaban J connectivity index is 2.50. The van der Waals surface area contributed by atoms with Crippen molar-refractivity contribution in [3.63, 3.8) is 0 Å². The fourth-order valence-corrected chi connectivity index (χ4v) is 0.762. The number of rotatable bonds is 4. The Morgan fingerprint density at radius 3 is 3.18 bits per heavy atom.